The summed E-state index contributed by atoms with van der Waals surface area (Å²) in [7, 11) is 0. The number of halogens is 6. The van der Waals surface area contributed by atoms with Crippen molar-refractivity contribution < 1.29 is 40.6 Å². The van der Waals surface area contributed by atoms with Crippen LogP contribution in [0.15, 0.2) is 35.3 Å². The monoisotopic (exact) mass is 572 g/mol. The molecule has 1 aliphatic rings. The highest BCUT2D eigenvalue weighted by Gasteiger charge is 2.39. The Balaban J connectivity index is 1.76. The van der Waals surface area contributed by atoms with Crippen LogP contribution in [0.2, 0.25) is 0 Å². The van der Waals surface area contributed by atoms with E-state index >= 15 is 8.78 Å². The molecule has 14 heteroatoms. The summed E-state index contributed by atoms with van der Waals surface area (Å²) in [6, 6.07) is 3.53. The fourth-order valence-electron chi connectivity index (χ4n) is 3.98. The van der Waals surface area contributed by atoms with E-state index in [-0.39, 0.29) is 19.0 Å². The van der Waals surface area contributed by atoms with Crippen molar-refractivity contribution >= 4 is 11.9 Å². The van der Waals surface area contributed by atoms with Gasteiger partial charge in [0.2, 0.25) is 0 Å². The first-order valence-electron chi connectivity index (χ1n) is 12.5. The summed E-state index contributed by atoms with van der Waals surface area (Å²) in [6.45, 7) is 2.82. The van der Waals surface area contributed by atoms with Crippen LogP contribution in [0.1, 0.15) is 50.2 Å². The summed E-state index contributed by atoms with van der Waals surface area (Å²) >= 11 is 0. The zero-order valence-corrected chi connectivity index (χ0v) is 21.6. The molecule has 1 aliphatic heterocycles. The lowest BCUT2D eigenvalue weighted by atomic mass is 10.1. The number of hydrogen-bond acceptors (Lipinski definition) is 6. The number of benzene rings is 1. The number of aromatic nitrogens is 4. The molecular weight excluding hydrogens is 546 g/mol. The van der Waals surface area contributed by atoms with Gasteiger partial charge in [-0.1, -0.05) is 0 Å². The summed E-state index contributed by atoms with van der Waals surface area (Å²) in [5.41, 5.74) is -2.61. The van der Waals surface area contributed by atoms with Crippen molar-refractivity contribution in [2.45, 2.75) is 64.8 Å². The topological polar surface area (TPSA) is 80.4 Å². The zero-order valence-electron chi connectivity index (χ0n) is 21.6. The standard InChI is InChI=1S/C26H26F6N4O4/c1-3-35-23(14-39-24-8-4-5-10-38-24)34-36(25(35)37)21-13-22(40-15(2)26(30,31)32)16(11-19(21)29)18(28)12-20-17(27)7-6-9-33-20/h6-7,9,11-13,15,24H,3-5,8,10,14H2,1-2H3/b18-12-/t15-,24?/m0/s1. The smallest absolute Gasteiger partial charge is 0.425 e. The van der Waals surface area contributed by atoms with E-state index in [1.807, 2.05) is 0 Å². The molecule has 1 saturated heterocycles. The van der Waals surface area contributed by atoms with Gasteiger partial charge in [-0.3, -0.25) is 9.55 Å². The van der Waals surface area contributed by atoms with Gasteiger partial charge in [0, 0.05) is 31.5 Å². The third-order valence-corrected chi connectivity index (χ3v) is 6.14. The first-order chi connectivity index (χ1) is 19.0. The first kappa shape index (κ1) is 29.3. The van der Waals surface area contributed by atoms with Crippen LogP contribution in [0.5, 0.6) is 5.75 Å². The van der Waals surface area contributed by atoms with Crippen LogP contribution in [0.25, 0.3) is 17.6 Å². The van der Waals surface area contributed by atoms with Crippen LogP contribution < -0.4 is 10.4 Å². The second-order valence-corrected chi connectivity index (χ2v) is 8.93. The fraction of sp³-hybridized carbons (Fsp3) is 0.423. The highest BCUT2D eigenvalue weighted by molar-refractivity contribution is 5.79. The molecule has 0 N–H and O–H groups in total. The molecule has 1 aromatic carbocycles. The Bertz CT molecular complexity index is 1430. The second kappa shape index (κ2) is 12.3. The van der Waals surface area contributed by atoms with E-state index in [0.29, 0.717) is 36.8 Å². The van der Waals surface area contributed by atoms with Gasteiger partial charge < -0.3 is 14.2 Å². The van der Waals surface area contributed by atoms with E-state index in [1.165, 1.54) is 16.8 Å². The molecule has 8 nitrogen and oxygen atoms in total. The minimum atomic E-state index is -4.86. The number of ether oxygens (including phenoxy) is 3. The Kier molecular flexibility index (Phi) is 8.98. The van der Waals surface area contributed by atoms with Gasteiger partial charge in [-0.05, 0) is 51.3 Å². The summed E-state index contributed by atoms with van der Waals surface area (Å²) in [4.78, 5) is 16.7. The van der Waals surface area contributed by atoms with Crippen molar-refractivity contribution in [2.24, 2.45) is 0 Å². The van der Waals surface area contributed by atoms with Gasteiger partial charge in [0.15, 0.2) is 18.2 Å². The van der Waals surface area contributed by atoms with Crippen LogP contribution in [-0.4, -0.2) is 44.5 Å². The van der Waals surface area contributed by atoms with Crippen LogP contribution in [0, 0.1) is 11.6 Å². The largest absolute Gasteiger partial charge is 0.480 e. The minimum Gasteiger partial charge on any atom is -0.480 e. The Morgan fingerprint density at radius 1 is 1.25 bits per heavy atom. The van der Waals surface area contributed by atoms with Crippen LogP contribution in [0.3, 0.4) is 0 Å². The van der Waals surface area contributed by atoms with E-state index in [4.69, 9.17) is 14.2 Å². The average Bonchev–Trinajstić information content (AvgIpc) is 3.24. The van der Waals surface area contributed by atoms with Crippen molar-refractivity contribution in [3.8, 4) is 11.4 Å². The Morgan fingerprint density at radius 2 is 2.02 bits per heavy atom. The van der Waals surface area contributed by atoms with Gasteiger partial charge in [0.25, 0.3) is 0 Å². The van der Waals surface area contributed by atoms with Gasteiger partial charge >= 0.3 is 11.9 Å². The lowest BCUT2D eigenvalue weighted by molar-refractivity contribution is -0.189. The normalized spacial score (nSPS) is 17.2. The molecule has 2 atom stereocenters. The predicted octanol–water partition coefficient (Wildman–Crippen LogP) is 5.57. The fourth-order valence-corrected chi connectivity index (χ4v) is 3.98. The lowest BCUT2D eigenvalue weighted by Crippen LogP contribution is -2.31. The Morgan fingerprint density at radius 3 is 2.67 bits per heavy atom. The van der Waals surface area contributed by atoms with Crippen LogP contribution in [-0.2, 0) is 22.6 Å². The average molecular weight is 573 g/mol. The van der Waals surface area contributed by atoms with Crippen molar-refractivity contribution in [3.63, 3.8) is 0 Å². The van der Waals surface area contributed by atoms with Gasteiger partial charge in [-0.15, -0.1) is 5.10 Å². The van der Waals surface area contributed by atoms with E-state index in [2.05, 4.69) is 10.1 Å². The van der Waals surface area contributed by atoms with Crippen molar-refractivity contribution in [2.75, 3.05) is 6.61 Å². The third-order valence-electron chi connectivity index (χ3n) is 6.14. The molecule has 3 aromatic rings. The maximum absolute atomic E-state index is 15.3. The predicted molar refractivity (Wildman–Crippen MR) is 131 cm³/mol. The number of pyridine rings is 1. The second-order valence-electron chi connectivity index (χ2n) is 8.93. The van der Waals surface area contributed by atoms with Crippen molar-refractivity contribution in [1.29, 1.82) is 0 Å². The van der Waals surface area contributed by atoms with E-state index in [1.54, 1.807) is 6.92 Å². The molecule has 0 spiro atoms. The molecule has 2 aromatic heterocycles. The molecule has 40 heavy (non-hydrogen) atoms. The highest BCUT2D eigenvalue weighted by atomic mass is 19.4. The molecule has 1 unspecified atom stereocenters. The van der Waals surface area contributed by atoms with Crippen molar-refractivity contribution in [1.82, 2.24) is 19.3 Å². The molecule has 3 heterocycles. The molecule has 0 radical (unpaired) electrons. The number of rotatable bonds is 9. The maximum Gasteiger partial charge on any atom is 0.425 e. The van der Waals surface area contributed by atoms with E-state index in [0.717, 1.165) is 25.0 Å². The summed E-state index contributed by atoms with van der Waals surface area (Å²) < 4.78 is 102. The molecule has 216 valence electrons. The van der Waals surface area contributed by atoms with Crippen LogP contribution >= 0.6 is 0 Å². The molecule has 1 fully saturated rings. The maximum atomic E-state index is 15.3. The Hall–Kier alpha value is -3.65. The minimum absolute atomic E-state index is 0.119. The lowest BCUT2D eigenvalue weighted by Gasteiger charge is -2.22. The first-order valence-corrected chi connectivity index (χ1v) is 12.5. The van der Waals surface area contributed by atoms with E-state index in [9.17, 15) is 22.4 Å². The number of nitrogens with zero attached hydrogens (tertiary/aromatic N) is 4. The highest BCUT2D eigenvalue weighted by Crippen LogP contribution is 2.35. The molecule has 0 amide bonds. The van der Waals surface area contributed by atoms with Gasteiger partial charge in [-0.25, -0.2) is 18.0 Å². The molecule has 0 saturated carbocycles. The van der Waals surface area contributed by atoms with Gasteiger partial charge in [0.1, 0.15) is 41.2 Å². The molecule has 0 bridgehead atoms. The molecule has 4 rings (SSSR count). The Labute approximate surface area is 224 Å². The summed E-state index contributed by atoms with van der Waals surface area (Å²) in [6.07, 6.45) is -3.59. The SMILES string of the molecule is CCn1c(COC2CCCCO2)nn(-c2cc(O[C@@H](C)C(F)(F)F)c(/C(F)=C/c3ncccc3F)cc2F)c1=O. The van der Waals surface area contributed by atoms with Crippen LogP contribution in [0.4, 0.5) is 26.3 Å². The number of alkyl halides is 3. The van der Waals surface area contributed by atoms with Crippen molar-refractivity contribution in [3.05, 3.63) is 69.7 Å². The van der Waals surface area contributed by atoms with E-state index < -0.39 is 64.4 Å². The molecular formula is C26H26F6N4O4. The summed E-state index contributed by atoms with van der Waals surface area (Å²) in [5, 5.41) is 4.12. The van der Waals surface area contributed by atoms with Gasteiger partial charge in [0.05, 0.1) is 5.56 Å². The molecule has 0 aliphatic carbocycles. The number of hydrogen-bond donors (Lipinski definition) is 0. The zero-order chi connectivity index (χ0) is 29.0. The van der Waals surface area contributed by atoms with Gasteiger partial charge in [-0.2, -0.15) is 17.9 Å². The third kappa shape index (κ3) is 6.55. The quantitative estimate of drug-likeness (QED) is 0.312. The summed E-state index contributed by atoms with van der Waals surface area (Å²) in [5.74, 6) is -4.06.